The topological polar surface area (TPSA) is 52.3 Å². The standard InChI is InChI=1S/C14H12INO2/c1-18-13-10(7-4-8-12(13)15)9-5-2-3-6-11(9)14(16)17/h2-8H,1H3,(H2,16,17). The van der Waals surface area contributed by atoms with Crippen molar-refractivity contribution >= 4 is 28.5 Å². The molecule has 2 aromatic rings. The van der Waals surface area contributed by atoms with Gasteiger partial charge in [0.25, 0.3) is 0 Å². The molecule has 0 heterocycles. The number of primary amides is 1. The van der Waals surface area contributed by atoms with Gasteiger partial charge in [-0.3, -0.25) is 4.79 Å². The predicted molar refractivity (Wildman–Crippen MR) is 79.7 cm³/mol. The Kier molecular flexibility index (Phi) is 3.86. The highest BCUT2D eigenvalue weighted by Gasteiger charge is 2.14. The number of hydrogen-bond acceptors (Lipinski definition) is 2. The van der Waals surface area contributed by atoms with E-state index in [2.05, 4.69) is 22.6 Å². The minimum Gasteiger partial charge on any atom is -0.495 e. The third-order valence-electron chi connectivity index (χ3n) is 2.65. The number of halogens is 1. The maximum atomic E-state index is 11.5. The van der Waals surface area contributed by atoms with E-state index in [-0.39, 0.29) is 0 Å². The van der Waals surface area contributed by atoms with Crippen molar-refractivity contribution in [1.82, 2.24) is 0 Å². The normalized spacial score (nSPS) is 10.1. The van der Waals surface area contributed by atoms with Gasteiger partial charge in [0, 0.05) is 11.1 Å². The van der Waals surface area contributed by atoms with E-state index >= 15 is 0 Å². The first-order valence-corrected chi connectivity index (χ1v) is 6.44. The number of hydrogen-bond donors (Lipinski definition) is 1. The number of nitrogens with two attached hydrogens (primary N) is 1. The van der Waals surface area contributed by atoms with Crippen LogP contribution in [-0.2, 0) is 0 Å². The molecule has 2 rings (SSSR count). The molecule has 0 aliphatic carbocycles. The summed E-state index contributed by atoms with van der Waals surface area (Å²) in [5.41, 5.74) is 7.56. The first-order chi connectivity index (χ1) is 8.65. The number of ether oxygens (including phenoxy) is 1. The van der Waals surface area contributed by atoms with Crippen molar-refractivity contribution < 1.29 is 9.53 Å². The fourth-order valence-corrected chi connectivity index (χ4v) is 2.58. The Balaban J connectivity index is 2.70. The van der Waals surface area contributed by atoms with Crippen LogP contribution >= 0.6 is 22.6 Å². The third-order valence-corrected chi connectivity index (χ3v) is 3.50. The summed E-state index contributed by atoms with van der Waals surface area (Å²) >= 11 is 2.20. The van der Waals surface area contributed by atoms with Crippen LogP contribution in [0.25, 0.3) is 11.1 Å². The van der Waals surface area contributed by atoms with Gasteiger partial charge in [-0.05, 0) is 40.3 Å². The first-order valence-electron chi connectivity index (χ1n) is 5.37. The predicted octanol–water partition coefficient (Wildman–Crippen LogP) is 3.07. The van der Waals surface area contributed by atoms with E-state index in [1.165, 1.54) is 0 Å². The van der Waals surface area contributed by atoms with Crippen molar-refractivity contribution in [3.63, 3.8) is 0 Å². The molecule has 0 aliphatic rings. The van der Waals surface area contributed by atoms with Crippen LogP contribution in [0.2, 0.25) is 0 Å². The highest BCUT2D eigenvalue weighted by Crippen LogP contribution is 2.35. The Hall–Kier alpha value is -1.56. The third kappa shape index (κ3) is 2.33. The zero-order valence-corrected chi connectivity index (χ0v) is 12.0. The molecule has 0 spiro atoms. The average Bonchev–Trinajstić information content (AvgIpc) is 2.38. The molecule has 0 aliphatic heterocycles. The summed E-state index contributed by atoms with van der Waals surface area (Å²) in [4.78, 5) is 11.5. The molecule has 4 heteroatoms. The lowest BCUT2D eigenvalue weighted by molar-refractivity contribution is 0.100. The molecule has 0 radical (unpaired) electrons. The smallest absolute Gasteiger partial charge is 0.249 e. The molecule has 0 aromatic heterocycles. The Bertz CT molecular complexity index is 596. The molecule has 2 aromatic carbocycles. The second-order valence-corrected chi connectivity index (χ2v) is 4.89. The Labute approximate surface area is 119 Å². The fraction of sp³-hybridized carbons (Fsp3) is 0.0714. The van der Waals surface area contributed by atoms with Gasteiger partial charge in [-0.15, -0.1) is 0 Å². The monoisotopic (exact) mass is 353 g/mol. The zero-order chi connectivity index (χ0) is 13.1. The molecule has 0 saturated carbocycles. The van der Waals surface area contributed by atoms with Crippen LogP contribution in [-0.4, -0.2) is 13.0 Å². The Morgan fingerprint density at radius 3 is 2.44 bits per heavy atom. The van der Waals surface area contributed by atoms with Crippen molar-refractivity contribution in [1.29, 1.82) is 0 Å². The molecule has 0 unspecified atom stereocenters. The lowest BCUT2D eigenvalue weighted by Crippen LogP contribution is -2.12. The lowest BCUT2D eigenvalue weighted by atomic mass is 9.98. The van der Waals surface area contributed by atoms with Crippen molar-refractivity contribution in [3.8, 4) is 16.9 Å². The van der Waals surface area contributed by atoms with Gasteiger partial charge in [-0.25, -0.2) is 0 Å². The SMILES string of the molecule is COc1c(I)cccc1-c1ccccc1C(N)=O. The number of carbonyl (C=O) groups excluding carboxylic acids is 1. The van der Waals surface area contributed by atoms with Gasteiger partial charge in [-0.2, -0.15) is 0 Å². The second-order valence-electron chi connectivity index (χ2n) is 3.73. The number of rotatable bonds is 3. The van der Waals surface area contributed by atoms with Crippen LogP contribution in [0.4, 0.5) is 0 Å². The average molecular weight is 353 g/mol. The van der Waals surface area contributed by atoms with Crippen LogP contribution < -0.4 is 10.5 Å². The number of methoxy groups -OCH3 is 1. The van der Waals surface area contributed by atoms with E-state index in [0.29, 0.717) is 5.56 Å². The summed E-state index contributed by atoms with van der Waals surface area (Å²) in [6.45, 7) is 0. The molecule has 0 atom stereocenters. The van der Waals surface area contributed by atoms with Gasteiger partial charge in [-0.1, -0.05) is 30.3 Å². The molecule has 3 nitrogen and oxygen atoms in total. The highest BCUT2D eigenvalue weighted by atomic mass is 127. The summed E-state index contributed by atoms with van der Waals surface area (Å²) in [5, 5.41) is 0. The number of carbonyl (C=O) groups is 1. The quantitative estimate of drug-likeness (QED) is 0.863. The van der Waals surface area contributed by atoms with Gasteiger partial charge in [0.1, 0.15) is 5.75 Å². The van der Waals surface area contributed by atoms with Gasteiger partial charge in [0.2, 0.25) is 5.91 Å². The van der Waals surface area contributed by atoms with Crippen molar-refractivity contribution in [2.75, 3.05) is 7.11 Å². The lowest BCUT2D eigenvalue weighted by Gasteiger charge is -2.12. The number of para-hydroxylation sites is 1. The van der Waals surface area contributed by atoms with E-state index in [9.17, 15) is 4.79 Å². The van der Waals surface area contributed by atoms with Gasteiger partial charge >= 0.3 is 0 Å². The number of amides is 1. The molecule has 2 N–H and O–H groups in total. The molecular formula is C14H12INO2. The summed E-state index contributed by atoms with van der Waals surface area (Å²) in [7, 11) is 1.62. The number of benzene rings is 2. The van der Waals surface area contributed by atoms with E-state index in [1.54, 1.807) is 19.2 Å². The van der Waals surface area contributed by atoms with E-state index < -0.39 is 5.91 Å². The Morgan fingerprint density at radius 2 is 1.78 bits per heavy atom. The molecule has 18 heavy (non-hydrogen) atoms. The summed E-state index contributed by atoms with van der Waals surface area (Å²) in [6.07, 6.45) is 0. The fourth-order valence-electron chi connectivity index (χ4n) is 1.86. The van der Waals surface area contributed by atoms with Crippen LogP contribution in [0.5, 0.6) is 5.75 Å². The van der Waals surface area contributed by atoms with E-state index in [1.807, 2.05) is 30.3 Å². The van der Waals surface area contributed by atoms with Crippen LogP contribution in [0.1, 0.15) is 10.4 Å². The van der Waals surface area contributed by atoms with Crippen LogP contribution in [0.15, 0.2) is 42.5 Å². The van der Waals surface area contributed by atoms with Crippen molar-refractivity contribution in [2.45, 2.75) is 0 Å². The van der Waals surface area contributed by atoms with E-state index in [0.717, 1.165) is 20.4 Å². The minimum atomic E-state index is -0.438. The summed E-state index contributed by atoms with van der Waals surface area (Å²) < 4.78 is 6.40. The molecule has 0 saturated heterocycles. The van der Waals surface area contributed by atoms with Crippen molar-refractivity contribution in [2.24, 2.45) is 5.73 Å². The second kappa shape index (κ2) is 5.39. The molecule has 0 fully saturated rings. The summed E-state index contributed by atoms with van der Waals surface area (Å²) in [6, 6.07) is 13.1. The largest absolute Gasteiger partial charge is 0.495 e. The minimum absolute atomic E-state index is 0.438. The Morgan fingerprint density at radius 1 is 1.11 bits per heavy atom. The van der Waals surface area contributed by atoms with Crippen molar-refractivity contribution in [3.05, 3.63) is 51.6 Å². The summed E-state index contributed by atoms with van der Waals surface area (Å²) in [5.74, 6) is 0.318. The van der Waals surface area contributed by atoms with Gasteiger partial charge in [0.15, 0.2) is 0 Å². The first kappa shape index (κ1) is 12.9. The van der Waals surface area contributed by atoms with E-state index in [4.69, 9.17) is 10.5 Å². The molecule has 0 bridgehead atoms. The molecular weight excluding hydrogens is 341 g/mol. The molecule has 92 valence electrons. The van der Waals surface area contributed by atoms with Gasteiger partial charge in [0.05, 0.1) is 10.7 Å². The maximum absolute atomic E-state index is 11.5. The molecule has 1 amide bonds. The maximum Gasteiger partial charge on any atom is 0.249 e. The highest BCUT2D eigenvalue weighted by molar-refractivity contribution is 14.1. The zero-order valence-electron chi connectivity index (χ0n) is 9.81. The van der Waals surface area contributed by atoms with Crippen LogP contribution in [0, 0.1) is 3.57 Å². The van der Waals surface area contributed by atoms with Gasteiger partial charge < -0.3 is 10.5 Å². The van der Waals surface area contributed by atoms with Crippen LogP contribution in [0.3, 0.4) is 0 Å².